The van der Waals surface area contributed by atoms with Crippen LogP contribution in [-0.4, -0.2) is 27.8 Å². The SMILES string of the molecule is O=c1cc(-c2ccc(CC[C@@H]3C[C@H](OCc4c(-c5ccccc5OC(F)(F)F)noc4C4CC4)C[C@@H]4CCC34)nc2)o[nH]1. The summed E-state index contributed by atoms with van der Waals surface area (Å²) in [6, 6.07) is 11.3. The lowest BCUT2D eigenvalue weighted by molar-refractivity contribution is -0.274. The van der Waals surface area contributed by atoms with Gasteiger partial charge in [-0.2, -0.15) is 5.16 Å². The Hall–Kier alpha value is -3.86. The van der Waals surface area contributed by atoms with E-state index in [0.717, 1.165) is 55.3 Å². The van der Waals surface area contributed by atoms with E-state index in [-0.39, 0.29) is 35.5 Å². The van der Waals surface area contributed by atoms with Crippen LogP contribution < -0.4 is 10.3 Å². The molecular weight excluding hydrogens is 563 g/mol. The first-order chi connectivity index (χ1) is 20.8. The second kappa shape index (κ2) is 11.3. The molecule has 8 nitrogen and oxygen atoms in total. The molecule has 3 fully saturated rings. The highest BCUT2D eigenvalue weighted by Gasteiger charge is 2.43. The number of halogens is 3. The van der Waals surface area contributed by atoms with E-state index in [1.807, 2.05) is 12.1 Å². The van der Waals surface area contributed by atoms with Gasteiger partial charge < -0.3 is 18.5 Å². The first-order valence-electron chi connectivity index (χ1n) is 14.9. The summed E-state index contributed by atoms with van der Waals surface area (Å²) in [6.45, 7) is 0.234. The van der Waals surface area contributed by atoms with Crippen LogP contribution in [0.15, 0.2) is 62.5 Å². The lowest BCUT2D eigenvalue weighted by Gasteiger charge is -2.49. The molecule has 4 aromatic rings. The third-order valence-corrected chi connectivity index (χ3v) is 9.22. The summed E-state index contributed by atoms with van der Waals surface area (Å²) in [5, 5.41) is 6.51. The van der Waals surface area contributed by atoms with Gasteiger partial charge in [0, 0.05) is 34.5 Å². The number of nitrogens with one attached hydrogen (secondary N) is 1. The highest BCUT2D eigenvalue weighted by Crippen LogP contribution is 2.51. The standard InChI is InChI=1S/C32H32F3N3O5/c33-32(34,35)41-27-4-2-1-3-25(27)30-26(31(43-38-30)18-5-6-18)17-40-23-13-19(24-12-9-20(24)14-23)7-10-22-11-8-21(16-36-22)28-15-29(39)37-42-28/h1-4,8,11,15-16,18-20,23-24H,5-7,9-10,12-14,17H2,(H,37,39)/t19-,20+,23+,24?/m1/s1. The maximum atomic E-state index is 13.1. The molecule has 1 unspecified atom stereocenters. The molecule has 3 aliphatic carbocycles. The monoisotopic (exact) mass is 595 g/mol. The Balaban J connectivity index is 1.03. The van der Waals surface area contributed by atoms with E-state index in [1.54, 1.807) is 18.3 Å². The third kappa shape index (κ3) is 6.13. The number of aromatic nitrogens is 3. The number of pyridine rings is 1. The summed E-state index contributed by atoms with van der Waals surface area (Å²) in [5.74, 6) is 2.91. The van der Waals surface area contributed by atoms with Gasteiger partial charge in [0.2, 0.25) is 0 Å². The van der Waals surface area contributed by atoms with Gasteiger partial charge in [-0.1, -0.05) is 17.3 Å². The zero-order chi connectivity index (χ0) is 29.6. The van der Waals surface area contributed by atoms with Crippen molar-refractivity contribution >= 4 is 0 Å². The number of nitrogens with zero attached hydrogens (tertiary/aromatic N) is 2. The number of fused-ring (bicyclic) bond motifs is 1. The summed E-state index contributed by atoms with van der Waals surface area (Å²) in [4.78, 5) is 16.0. The Bertz CT molecular complexity index is 1620. The molecule has 226 valence electrons. The average molecular weight is 596 g/mol. The second-order valence-electron chi connectivity index (χ2n) is 12.0. The summed E-state index contributed by atoms with van der Waals surface area (Å²) >= 11 is 0. The van der Waals surface area contributed by atoms with Crippen molar-refractivity contribution in [3.05, 3.63) is 76.0 Å². The molecule has 7 rings (SSSR count). The van der Waals surface area contributed by atoms with Crippen molar-refractivity contribution in [1.29, 1.82) is 0 Å². The summed E-state index contributed by atoms with van der Waals surface area (Å²) in [6.07, 6.45) is 5.09. The first-order valence-corrected chi connectivity index (χ1v) is 14.9. The van der Waals surface area contributed by atoms with Gasteiger partial charge in [-0.05, 0) is 93.4 Å². The van der Waals surface area contributed by atoms with Crippen molar-refractivity contribution in [3.8, 4) is 28.3 Å². The quantitative estimate of drug-likeness (QED) is 0.204. The van der Waals surface area contributed by atoms with Gasteiger partial charge in [-0.25, -0.2) is 0 Å². The second-order valence-corrected chi connectivity index (χ2v) is 12.0. The number of hydrogen-bond donors (Lipinski definition) is 1. The van der Waals surface area contributed by atoms with Crippen LogP contribution in [0.25, 0.3) is 22.6 Å². The predicted molar refractivity (Wildman–Crippen MR) is 149 cm³/mol. The lowest BCUT2D eigenvalue weighted by atomic mass is 9.59. The lowest BCUT2D eigenvalue weighted by Crippen LogP contribution is -2.42. The van der Waals surface area contributed by atoms with Gasteiger partial charge in [0.1, 0.15) is 17.2 Å². The molecule has 43 heavy (non-hydrogen) atoms. The van der Waals surface area contributed by atoms with Gasteiger partial charge >= 0.3 is 6.36 Å². The fourth-order valence-electron chi connectivity index (χ4n) is 6.82. The molecule has 0 radical (unpaired) electrons. The van der Waals surface area contributed by atoms with Crippen LogP contribution >= 0.6 is 0 Å². The Morgan fingerprint density at radius 1 is 1.05 bits per heavy atom. The number of alkyl halides is 3. The minimum absolute atomic E-state index is 0.0508. The molecule has 3 aliphatic rings. The Morgan fingerprint density at radius 3 is 2.60 bits per heavy atom. The van der Waals surface area contributed by atoms with Crippen LogP contribution in [0.3, 0.4) is 0 Å². The van der Waals surface area contributed by atoms with Crippen LogP contribution in [0.1, 0.15) is 67.9 Å². The molecule has 1 N–H and O–H groups in total. The van der Waals surface area contributed by atoms with Crippen molar-refractivity contribution in [1.82, 2.24) is 15.3 Å². The highest BCUT2D eigenvalue weighted by atomic mass is 19.4. The summed E-state index contributed by atoms with van der Waals surface area (Å²) < 4.78 is 61.1. The van der Waals surface area contributed by atoms with Crippen molar-refractivity contribution in [2.24, 2.45) is 17.8 Å². The fraction of sp³-hybridized carbons (Fsp3) is 0.469. The number of H-pyrrole nitrogens is 1. The Kier molecular flexibility index (Phi) is 7.36. The van der Waals surface area contributed by atoms with E-state index < -0.39 is 6.36 Å². The van der Waals surface area contributed by atoms with Crippen LogP contribution in [0.4, 0.5) is 13.2 Å². The predicted octanol–water partition coefficient (Wildman–Crippen LogP) is 7.42. The maximum absolute atomic E-state index is 13.1. The van der Waals surface area contributed by atoms with E-state index in [1.165, 1.54) is 31.0 Å². The molecule has 1 aromatic carbocycles. The number of hydrogen-bond acceptors (Lipinski definition) is 7. The minimum Gasteiger partial charge on any atom is -0.405 e. The number of aromatic amines is 1. The molecule has 11 heteroatoms. The molecule has 0 aliphatic heterocycles. The van der Waals surface area contributed by atoms with Gasteiger partial charge in [-0.3, -0.25) is 9.78 Å². The van der Waals surface area contributed by atoms with Crippen molar-refractivity contribution in [2.45, 2.75) is 76.4 Å². The van der Waals surface area contributed by atoms with Crippen molar-refractivity contribution in [3.63, 3.8) is 0 Å². The molecule has 3 aromatic heterocycles. The molecule has 0 amide bonds. The van der Waals surface area contributed by atoms with Crippen LogP contribution in [0, 0.1) is 17.8 Å². The highest BCUT2D eigenvalue weighted by molar-refractivity contribution is 5.70. The van der Waals surface area contributed by atoms with Crippen LogP contribution in [0.2, 0.25) is 0 Å². The van der Waals surface area contributed by atoms with Crippen LogP contribution in [-0.2, 0) is 17.8 Å². The molecule has 0 saturated heterocycles. The Morgan fingerprint density at radius 2 is 1.91 bits per heavy atom. The molecule has 4 atom stereocenters. The molecule has 0 spiro atoms. The van der Waals surface area contributed by atoms with E-state index in [4.69, 9.17) is 13.8 Å². The largest absolute Gasteiger partial charge is 0.573 e. The summed E-state index contributed by atoms with van der Waals surface area (Å²) in [7, 11) is 0. The van der Waals surface area contributed by atoms with Gasteiger partial charge in [-0.15, -0.1) is 13.2 Å². The fourth-order valence-corrected chi connectivity index (χ4v) is 6.82. The van der Waals surface area contributed by atoms with E-state index >= 15 is 0 Å². The average Bonchev–Trinajstić information content (AvgIpc) is 3.58. The minimum atomic E-state index is -4.82. The van der Waals surface area contributed by atoms with E-state index in [0.29, 0.717) is 35.0 Å². The number of rotatable bonds is 10. The third-order valence-electron chi connectivity index (χ3n) is 9.22. The number of benzene rings is 1. The van der Waals surface area contributed by atoms with Gasteiger partial charge in [0.15, 0.2) is 5.76 Å². The van der Waals surface area contributed by atoms with E-state index in [9.17, 15) is 18.0 Å². The summed E-state index contributed by atoms with van der Waals surface area (Å²) in [5.41, 5.74) is 2.76. The van der Waals surface area contributed by atoms with Crippen LogP contribution in [0.5, 0.6) is 5.75 Å². The zero-order valence-corrected chi connectivity index (χ0v) is 23.4. The number of ether oxygens (including phenoxy) is 2. The van der Waals surface area contributed by atoms with Crippen molar-refractivity contribution < 1.29 is 31.7 Å². The van der Waals surface area contributed by atoms with E-state index in [2.05, 4.69) is 20.0 Å². The Labute approximate surface area is 245 Å². The molecule has 3 heterocycles. The molecular formula is C32H32F3N3O5. The zero-order valence-electron chi connectivity index (χ0n) is 23.4. The number of aryl methyl sites for hydroxylation is 1. The van der Waals surface area contributed by atoms with Gasteiger partial charge in [0.05, 0.1) is 18.8 Å². The number of para-hydroxylation sites is 1. The normalized spacial score (nSPS) is 23.5. The maximum Gasteiger partial charge on any atom is 0.573 e. The topological polar surface area (TPSA) is 103 Å². The molecule has 0 bridgehead atoms. The smallest absolute Gasteiger partial charge is 0.405 e. The first kappa shape index (κ1) is 27.9. The molecule has 3 saturated carbocycles. The van der Waals surface area contributed by atoms with Gasteiger partial charge in [0.25, 0.3) is 5.56 Å². The van der Waals surface area contributed by atoms with Crippen molar-refractivity contribution in [2.75, 3.05) is 0 Å².